The van der Waals surface area contributed by atoms with Gasteiger partial charge in [0.25, 0.3) is 0 Å². The lowest BCUT2D eigenvalue weighted by Crippen LogP contribution is -2.24. The minimum atomic E-state index is -3.89. The van der Waals surface area contributed by atoms with Gasteiger partial charge in [0.05, 0.1) is 10.6 Å². The molecule has 0 atom stereocenters. The molecule has 3 aromatic rings. The molecule has 0 unspecified atom stereocenters. The molecule has 2 heterocycles. The van der Waals surface area contributed by atoms with Gasteiger partial charge in [0.2, 0.25) is 10.0 Å². The summed E-state index contributed by atoms with van der Waals surface area (Å²) in [6.07, 6.45) is 0. The van der Waals surface area contributed by atoms with E-state index >= 15 is 0 Å². The summed E-state index contributed by atoms with van der Waals surface area (Å²) in [6.45, 7) is 1.92. The summed E-state index contributed by atoms with van der Waals surface area (Å²) in [6, 6.07) is 9.22. The molecule has 0 spiro atoms. The summed E-state index contributed by atoms with van der Waals surface area (Å²) in [5, 5.41) is 2.82. The van der Waals surface area contributed by atoms with Gasteiger partial charge in [0.1, 0.15) is 15.7 Å². The second-order valence-electron chi connectivity index (χ2n) is 4.76. The molecule has 0 amide bonds. The normalized spacial score (nSPS) is 11.7. The molecule has 0 radical (unpaired) electrons. The summed E-state index contributed by atoms with van der Waals surface area (Å²) < 4.78 is 40.5. The molecule has 0 aliphatic rings. The zero-order chi connectivity index (χ0) is 16.4. The maximum absolute atomic E-state index is 13.7. The van der Waals surface area contributed by atoms with Crippen LogP contribution in [0.3, 0.4) is 0 Å². The van der Waals surface area contributed by atoms with Crippen molar-refractivity contribution in [2.24, 2.45) is 0 Å². The number of aryl methyl sites for hydroxylation is 1. The van der Waals surface area contributed by atoms with Crippen molar-refractivity contribution >= 4 is 32.7 Å². The predicted octanol–water partition coefficient (Wildman–Crippen LogP) is 3.80. The van der Waals surface area contributed by atoms with Gasteiger partial charge in [-0.15, -0.1) is 22.7 Å². The molecule has 4 nitrogen and oxygen atoms in total. The van der Waals surface area contributed by atoms with Gasteiger partial charge in [0, 0.05) is 11.4 Å². The van der Waals surface area contributed by atoms with Crippen molar-refractivity contribution in [3.05, 3.63) is 58.2 Å². The van der Waals surface area contributed by atoms with Crippen molar-refractivity contribution in [2.45, 2.75) is 18.4 Å². The number of halogens is 1. The Kier molecular flexibility index (Phi) is 4.58. The molecule has 1 aromatic carbocycles. The van der Waals surface area contributed by atoms with E-state index < -0.39 is 15.8 Å². The zero-order valence-electron chi connectivity index (χ0n) is 12.1. The van der Waals surface area contributed by atoms with Crippen LogP contribution in [-0.4, -0.2) is 13.4 Å². The Hall–Kier alpha value is -1.61. The number of benzene rings is 1. The van der Waals surface area contributed by atoms with Crippen molar-refractivity contribution in [1.29, 1.82) is 0 Å². The van der Waals surface area contributed by atoms with Crippen LogP contribution in [0.5, 0.6) is 0 Å². The summed E-state index contributed by atoms with van der Waals surface area (Å²) in [4.78, 5) is 5.97. The van der Waals surface area contributed by atoms with Gasteiger partial charge in [0.15, 0.2) is 0 Å². The third kappa shape index (κ3) is 3.50. The number of hydrogen-bond donors (Lipinski definition) is 1. The quantitative estimate of drug-likeness (QED) is 0.745. The number of thiazole rings is 1. The fourth-order valence-corrected chi connectivity index (χ4v) is 4.96. The first-order valence-corrected chi connectivity index (χ1v) is 9.89. The van der Waals surface area contributed by atoms with Gasteiger partial charge in [-0.3, -0.25) is 0 Å². The molecule has 120 valence electrons. The number of nitrogens with one attached hydrogen (secondary N) is 1. The van der Waals surface area contributed by atoms with E-state index in [9.17, 15) is 12.8 Å². The minimum Gasteiger partial charge on any atom is -0.240 e. The summed E-state index contributed by atoms with van der Waals surface area (Å²) in [7, 11) is -3.89. The van der Waals surface area contributed by atoms with E-state index in [0.717, 1.165) is 26.5 Å². The van der Waals surface area contributed by atoms with Crippen LogP contribution in [0.1, 0.15) is 10.6 Å². The van der Waals surface area contributed by atoms with Crippen molar-refractivity contribution in [3.8, 4) is 9.88 Å². The van der Waals surface area contributed by atoms with Gasteiger partial charge in [-0.25, -0.2) is 22.5 Å². The fourth-order valence-electron chi connectivity index (χ4n) is 2.00. The summed E-state index contributed by atoms with van der Waals surface area (Å²) in [5.74, 6) is -0.764. The monoisotopic (exact) mass is 368 g/mol. The van der Waals surface area contributed by atoms with Gasteiger partial charge in [-0.05, 0) is 30.5 Å². The Morgan fingerprint density at radius 2 is 2.00 bits per heavy atom. The van der Waals surface area contributed by atoms with Crippen molar-refractivity contribution < 1.29 is 12.8 Å². The van der Waals surface area contributed by atoms with Gasteiger partial charge in [-0.2, -0.15) is 0 Å². The van der Waals surface area contributed by atoms with Crippen molar-refractivity contribution in [3.63, 3.8) is 0 Å². The Balaban J connectivity index is 1.80. The van der Waals surface area contributed by atoms with Crippen LogP contribution in [0.15, 0.2) is 46.7 Å². The zero-order valence-corrected chi connectivity index (χ0v) is 14.6. The minimum absolute atomic E-state index is 0.0888. The number of aromatic nitrogens is 1. The molecule has 2 aromatic heterocycles. The van der Waals surface area contributed by atoms with E-state index in [1.165, 1.54) is 29.5 Å². The molecule has 0 aliphatic carbocycles. The lowest BCUT2D eigenvalue weighted by molar-refractivity contribution is 0.557. The second-order valence-corrected chi connectivity index (χ2v) is 8.53. The first kappa shape index (κ1) is 16.3. The molecule has 23 heavy (non-hydrogen) atoms. The van der Waals surface area contributed by atoms with Crippen LogP contribution in [0, 0.1) is 12.7 Å². The molecule has 3 rings (SSSR count). The number of sulfonamides is 1. The highest BCUT2D eigenvalue weighted by Gasteiger charge is 2.19. The highest BCUT2D eigenvalue weighted by atomic mass is 32.2. The lowest BCUT2D eigenvalue weighted by atomic mass is 10.4. The third-order valence-corrected chi connectivity index (χ3v) is 6.80. The van der Waals surface area contributed by atoms with Crippen molar-refractivity contribution in [2.75, 3.05) is 0 Å². The maximum Gasteiger partial charge on any atom is 0.243 e. The van der Waals surface area contributed by atoms with Crippen LogP contribution < -0.4 is 4.72 Å². The van der Waals surface area contributed by atoms with Crippen LogP contribution in [0.2, 0.25) is 0 Å². The van der Waals surface area contributed by atoms with E-state index in [1.807, 2.05) is 24.4 Å². The average Bonchev–Trinajstić information content (AvgIpc) is 3.15. The SMILES string of the molecule is Cc1nc(-c2cccs2)sc1CNS(=O)(=O)c1ccccc1F. The number of thiophene rings is 1. The summed E-state index contributed by atoms with van der Waals surface area (Å²) in [5.41, 5.74) is 0.773. The Bertz CT molecular complexity index is 918. The highest BCUT2D eigenvalue weighted by molar-refractivity contribution is 7.89. The van der Waals surface area contributed by atoms with E-state index in [-0.39, 0.29) is 11.4 Å². The molecule has 0 bridgehead atoms. The molecular weight excluding hydrogens is 355 g/mol. The van der Waals surface area contributed by atoms with E-state index in [2.05, 4.69) is 9.71 Å². The third-order valence-electron chi connectivity index (χ3n) is 3.17. The lowest BCUT2D eigenvalue weighted by Gasteiger charge is -2.06. The number of hydrogen-bond acceptors (Lipinski definition) is 5. The molecule has 0 saturated heterocycles. The fraction of sp³-hybridized carbons (Fsp3) is 0.133. The largest absolute Gasteiger partial charge is 0.243 e. The van der Waals surface area contributed by atoms with Crippen LogP contribution in [0.25, 0.3) is 9.88 Å². The Morgan fingerprint density at radius 3 is 2.70 bits per heavy atom. The predicted molar refractivity (Wildman–Crippen MR) is 90.6 cm³/mol. The van der Waals surface area contributed by atoms with Gasteiger partial charge >= 0.3 is 0 Å². The van der Waals surface area contributed by atoms with E-state index in [1.54, 1.807) is 11.3 Å². The maximum atomic E-state index is 13.7. The van der Waals surface area contributed by atoms with Crippen LogP contribution >= 0.6 is 22.7 Å². The highest BCUT2D eigenvalue weighted by Crippen LogP contribution is 2.31. The topological polar surface area (TPSA) is 59.1 Å². The number of nitrogens with zero attached hydrogens (tertiary/aromatic N) is 1. The first-order chi connectivity index (χ1) is 11.0. The smallest absolute Gasteiger partial charge is 0.240 e. The average molecular weight is 368 g/mol. The van der Waals surface area contributed by atoms with Crippen LogP contribution in [-0.2, 0) is 16.6 Å². The molecular formula is C15H13FN2O2S3. The summed E-state index contributed by atoms with van der Waals surface area (Å²) >= 11 is 3.02. The molecule has 0 saturated carbocycles. The van der Waals surface area contributed by atoms with Crippen LogP contribution in [0.4, 0.5) is 4.39 Å². The standard InChI is InChI=1S/C15H13FN2O2S3/c1-10-13(22-15(18-10)12-6-4-8-21-12)9-17-23(19,20)14-7-3-2-5-11(14)16/h2-8,17H,9H2,1H3. The molecule has 8 heteroatoms. The molecule has 0 aliphatic heterocycles. The van der Waals surface area contributed by atoms with Gasteiger partial charge in [-0.1, -0.05) is 18.2 Å². The van der Waals surface area contributed by atoms with Gasteiger partial charge < -0.3 is 0 Å². The van der Waals surface area contributed by atoms with Crippen molar-refractivity contribution in [1.82, 2.24) is 9.71 Å². The molecule has 0 fully saturated rings. The Labute approximate surface area is 141 Å². The second kappa shape index (κ2) is 6.48. The van der Waals surface area contributed by atoms with E-state index in [0.29, 0.717) is 0 Å². The van der Waals surface area contributed by atoms with E-state index in [4.69, 9.17) is 0 Å². The molecule has 1 N–H and O–H groups in total. The number of rotatable bonds is 5. The Morgan fingerprint density at radius 1 is 1.22 bits per heavy atom. The first-order valence-electron chi connectivity index (χ1n) is 6.72.